The van der Waals surface area contributed by atoms with Gasteiger partial charge in [0.25, 0.3) is 5.91 Å². The second-order valence-electron chi connectivity index (χ2n) is 9.14. The summed E-state index contributed by atoms with van der Waals surface area (Å²) in [4.78, 5) is 18.6. The highest BCUT2D eigenvalue weighted by atomic mass is 79.9. The van der Waals surface area contributed by atoms with Crippen LogP contribution in [-0.4, -0.2) is 63.0 Å². The second kappa shape index (κ2) is 13.5. The summed E-state index contributed by atoms with van der Waals surface area (Å²) in [6, 6.07) is 20.8. The van der Waals surface area contributed by atoms with E-state index in [1.807, 2.05) is 66.7 Å². The van der Waals surface area contributed by atoms with Crippen molar-refractivity contribution in [1.82, 2.24) is 5.32 Å². The summed E-state index contributed by atoms with van der Waals surface area (Å²) in [7, 11) is 3.24. The molecule has 0 unspecified atom stereocenters. The van der Waals surface area contributed by atoms with E-state index in [0.717, 1.165) is 32.7 Å². The molecule has 3 aromatic carbocycles. The van der Waals surface area contributed by atoms with Crippen molar-refractivity contribution in [1.29, 1.82) is 0 Å². The molecule has 3 aromatic rings. The number of rotatable bonds is 13. The zero-order valence-electron chi connectivity index (χ0n) is 22.1. The van der Waals surface area contributed by atoms with Gasteiger partial charge in [-0.1, -0.05) is 34.1 Å². The third-order valence-electron chi connectivity index (χ3n) is 6.47. The van der Waals surface area contributed by atoms with Gasteiger partial charge in [0, 0.05) is 36.0 Å². The van der Waals surface area contributed by atoms with Crippen molar-refractivity contribution >= 4 is 27.7 Å². The normalized spacial score (nSPS) is 16.3. The number of amides is 1. The highest BCUT2D eigenvalue weighted by Crippen LogP contribution is 2.30. The van der Waals surface area contributed by atoms with Gasteiger partial charge in [-0.3, -0.25) is 4.79 Å². The van der Waals surface area contributed by atoms with Crippen LogP contribution in [0, 0.1) is 0 Å². The Morgan fingerprint density at radius 2 is 1.82 bits per heavy atom. The number of halogens is 1. The Hall–Kier alpha value is -3.56. The third-order valence-corrected chi connectivity index (χ3v) is 7.24. The number of aliphatic hydroxyl groups is 1. The average Bonchev–Trinajstić information content (AvgIpc) is 3.40. The van der Waals surface area contributed by atoms with Crippen LogP contribution in [0.5, 0.6) is 17.2 Å². The number of aliphatic imine (C=N–C) groups is 1. The molecule has 9 heteroatoms. The number of aliphatic hydroxyl groups excluding tert-OH is 1. The summed E-state index contributed by atoms with van der Waals surface area (Å²) in [5.41, 5.74) is 1.52. The van der Waals surface area contributed by atoms with E-state index < -0.39 is 5.54 Å². The molecule has 0 radical (unpaired) electrons. The molecule has 0 fully saturated rings. The van der Waals surface area contributed by atoms with E-state index in [0.29, 0.717) is 44.1 Å². The molecule has 8 nitrogen and oxygen atoms in total. The van der Waals surface area contributed by atoms with Crippen molar-refractivity contribution in [3.63, 3.8) is 0 Å². The van der Waals surface area contributed by atoms with E-state index in [9.17, 15) is 4.79 Å². The number of ether oxygens (including phenoxy) is 4. The number of nitrogens with zero attached hydrogens (tertiary/aromatic N) is 1. The summed E-state index contributed by atoms with van der Waals surface area (Å²) < 4.78 is 23.4. The zero-order chi connectivity index (χ0) is 27.7. The maximum Gasteiger partial charge on any atom is 0.251 e. The quantitative estimate of drug-likeness (QED) is 0.285. The van der Waals surface area contributed by atoms with Crippen LogP contribution in [0.25, 0.3) is 0 Å². The third kappa shape index (κ3) is 7.10. The summed E-state index contributed by atoms with van der Waals surface area (Å²) >= 11 is 3.61. The zero-order valence-corrected chi connectivity index (χ0v) is 23.7. The van der Waals surface area contributed by atoms with Gasteiger partial charge in [-0.05, 0) is 66.1 Å². The van der Waals surface area contributed by atoms with Gasteiger partial charge in [-0.2, -0.15) is 0 Å². The highest BCUT2D eigenvalue weighted by Gasteiger charge is 2.44. The van der Waals surface area contributed by atoms with Crippen LogP contribution < -0.4 is 19.5 Å². The number of carbonyl (C=O) groups excluding carboxylic acids is 1. The van der Waals surface area contributed by atoms with Crippen molar-refractivity contribution in [2.24, 2.45) is 4.99 Å². The highest BCUT2D eigenvalue weighted by molar-refractivity contribution is 9.10. The molecule has 1 heterocycles. The Labute approximate surface area is 237 Å². The van der Waals surface area contributed by atoms with E-state index in [4.69, 9.17) is 29.0 Å². The van der Waals surface area contributed by atoms with Crippen molar-refractivity contribution < 1.29 is 28.8 Å². The van der Waals surface area contributed by atoms with Crippen LogP contribution in [-0.2, 0) is 22.4 Å². The molecule has 0 aliphatic carbocycles. The molecule has 1 aliphatic heterocycles. The lowest BCUT2D eigenvalue weighted by molar-refractivity contribution is -0.126. The summed E-state index contributed by atoms with van der Waals surface area (Å²) in [5, 5.41) is 12.0. The minimum Gasteiger partial charge on any atom is -0.497 e. The summed E-state index contributed by atoms with van der Waals surface area (Å²) in [6.07, 6.45) is 1.50. The molecule has 0 saturated heterocycles. The van der Waals surface area contributed by atoms with Crippen molar-refractivity contribution in [3.8, 4) is 17.2 Å². The standard InChI is InChI=1S/C30H33BrN2O6/c1-36-25-12-13-27(37-2)22(18-25)14-15-32-29(35)30(19-23-6-3-4-7-26(23)31)20-39-28(33-30)21-8-10-24(11-9-21)38-17-5-16-34/h3-4,6-13,18,34H,5,14-17,19-20H2,1-2H3,(H,32,35)/t30-/m1/s1. The van der Waals surface area contributed by atoms with Gasteiger partial charge in [0.2, 0.25) is 5.90 Å². The number of hydrogen-bond donors (Lipinski definition) is 2. The molecule has 0 aromatic heterocycles. The predicted molar refractivity (Wildman–Crippen MR) is 153 cm³/mol. The van der Waals surface area contributed by atoms with E-state index >= 15 is 0 Å². The Morgan fingerprint density at radius 3 is 2.54 bits per heavy atom. The van der Waals surface area contributed by atoms with Gasteiger partial charge < -0.3 is 29.4 Å². The minimum absolute atomic E-state index is 0.0808. The lowest BCUT2D eigenvalue weighted by Gasteiger charge is -2.24. The lowest BCUT2D eigenvalue weighted by atomic mass is 9.91. The van der Waals surface area contributed by atoms with Crippen LogP contribution in [0.4, 0.5) is 0 Å². The molecular weight excluding hydrogens is 564 g/mol. The summed E-state index contributed by atoms with van der Waals surface area (Å²) in [5.74, 6) is 2.36. The smallest absolute Gasteiger partial charge is 0.251 e. The molecule has 0 saturated carbocycles. The largest absolute Gasteiger partial charge is 0.497 e. The maximum absolute atomic E-state index is 13.7. The van der Waals surface area contributed by atoms with Crippen LogP contribution in [0.2, 0.25) is 0 Å². The number of nitrogens with one attached hydrogen (secondary N) is 1. The maximum atomic E-state index is 13.7. The average molecular weight is 598 g/mol. The Kier molecular flexibility index (Phi) is 9.84. The fourth-order valence-corrected chi connectivity index (χ4v) is 4.76. The van der Waals surface area contributed by atoms with Gasteiger partial charge >= 0.3 is 0 Å². The Balaban J connectivity index is 1.53. The second-order valence-corrected chi connectivity index (χ2v) is 9.99. The van der Waals surface area contributed by atoms with E-state index in [-0.39, 0.29) is 19.1 Å². The molecule has 0 bridgehead atoms. The predicted octanol–water partition coefficient (Wildman–Crippen LogP) is 4.34. The fraction of sp³-hybridized carbons (Fsp3) is 0.333. The van der Waals surface area contributed by atoms with E-state index in [2.05, 4.69) is 21.2 Å². The molecule has 1 aliphatic rings. The topological polar surface area (TPSA) is 98.6 Å². The number of carbonyl (C=O) groups is 1. The molecule has 39 heavy (non-hydrogen) atoms. The monoisotopic (exact) mass is 596 g/mol. The molecule has 0 spiro atoms. The fourth-order valence-electron chi connectivity index (χ4n) is 4.34. The van der Waals surface area contributed by atoms with Gasteiger partial charge in [-0.25, -0.2) is 4.99 Å². The van der Waals surface area contributed by atoms with Gasteiger partial charge in [0.05, 0.1) is 20.8 Å². The van der Waals surface area contributed by atoms with Gasteiger partial charge in [-0.15, -0.1) is 0 Å². The molecule has 4 rings (SSSR count). The molecule has 1 atom stereocenters. The Morgan fingerprint density at radius 1 is 1.05 bits per heavy atom. The van der Waals surface area contributed by atoms with Crippen LogP contribution >= 0.6 is 15.9 Å². The van der Waals surface area contributed by atoms with Gasteiger partial charge in [0.1, 0.15) is 23.9 Å². The summed E-state index contributed by atoms with van der Waals surface area (Å²) in [6.45, 7) is 1.03. The first-order valence-corrected chi connectivity index (χ1v) is 13.6. The minimum atomic E-state index is -1.13. The first kappa shape index (κ1) is 28.4. The molecule has 2 N–H and O–H groups in total. The lowest BCUT2D eigenvalue weighted by Crippen LogP contribution is -2.49. The van der Waals surface area contributed by atoms with E-state index in [1.54, 1.807) is 14.2 Å². The molecular formula is C30H33BrN2O6. The van der Waals surface area contributed by atoms with Gasteiger partial charge in [0.15, 0.2) is 5.54 Å². The van der Waals surface area contributed by atoms with Crippen LogP contribution in [0.3, 0.4) is 0 Å². The molecule has 1 amide bonds. The van der Waals surface area contributed by atoms with Crippen LogP contribution in [0.15, 0.2) is 76.2 Å². The van der Waals surface area contributed by atoms with Crippen molar-refractivity contribution in [2.75, 3.05) is 40.6 Å². The number of benzene rings is 3. The SMILES string of the molecule is COc1ccc(OC)c(CCNC(=O)[C@@]2(Cc3ccccc3Br)COC(c3ccc(OCCCO)cc3)=N2)c1. The number of methoxy groups -OCH3 is 2. The Bertz CT molecular complexity index is 1300. The first-order chi connectivity index (χ1) is 19.0. The van der Waals surface area contributed by atoms with Crippen LogP contribution in [0.1, 0.15) is 23.1 Å². The number of hydrogen-bond acceptors (Lipinski definition) is 7. The first-order valence-electron chi connectivity index (χ1n) is 12.8. The van der Waals surface area contributed by atoms with E-state index in [1.165, 1.54) is 0 Å². The van der Waals surface area contributed by atoms with Crippen molar-refractivity contribution in [2.45, 2.75) is 24.8 Å². The van der Waals surface area contributed by atoms with Crippen molar-refractivity contribution in [3.05, 3.63) is 87.9 Å². The molecule has 206 valence electrons.